The van der Waals surface area contributed by atoms with Crippen molar-refractivity contribution in [1.82, 2.24) is 19.9 Å². The Morgan fingerprint density at radius 2 is 2.14 bits per heavy atom. The Bertz CT molecular complexity index is 633. The van der Waals surface area contributed by atoms with Crippen molar-refractivity contribution >= 4 is 11.0 Å². The standard InChI is InChI=1S/C17H24N4/c1-2-21-16-9-10-18-11-15(16)20-17(21)14-8-7-12-5-3-4-6-13(12)19-14/h9-14,19H,2-8H2,1H3. The molecular weight excluding hydrogens is 260 g/mol. The molecular formula is C17H24N4. The lowest BCUT2D eigenvalue weighted by Gasteiger charge is -2.40. The fourth-order valence-corrected chi connectivity index (χ4v) is 4.30. The summed E-state index contributed by atoms with van der Waals surface area (Å²) in [5.74, 6) is 2.11. The first kappa shape index (κ1) is 13.3. The maximum atomic E-state index is 4.88. The largest absolute Gasteiger partial charge is 0.327 e. The zero-order valence-corrected chi connectivity index (χ0v) is 12.8. The summed E-state index contributed by atoms with van der Waals surface area (Å²) in [5.41, 5.74) is 2.25. The molecule has 4 heteroatoms. The van der Waals surface area contributed by atoms with E-state index in [0.29, 0.717) is 12.1 Å². The molecule has 2 aromatic rings. The van der Waals surface area contributed by atoms with E-state index in [0.717, 1.165) is 18.0 Å². The van der Waals surface area contributed by atoms with E-state index in [1.165, 1.54) is 49.9 Å². The van der Waals surface area contributed by atoms with E-state index in [4.69, 9.17) is 4.98 Å². The molecule has 112 valence electrons. The van der Waals surface area contributed by atoms with E-state index in [1.807, 2.05) is 12.4 Å². The molecule has 0 radical (unpaired) electrons. The van der Waals surface area contributed by atoms with E-state index < -0.39 is 0 Å². The van der Waals surface area contributed by atoms with Crippen molar-refractivity contribution in [2.45, 2.75) is 64.1 Å². The van der Waals surface area contributed by atoms with Crippen molar-refractivity contribution in [2.24, 2.45) is 5.92 Å². The topological polar surface area (TPSA) is 42.7 Å². The summed E-state index contributed by atoms with van der Waals surface area (Å²) >= 11 is 0. The third-order valence-corrected chi connectivity index (χ3v) is 5.36. The minimum atomic E-state index is 0.414. The van der Waals surface area contributed by atoms with Gasteiger partial charge in [0.25, 0.3) is 0 Å². The second-order valence-corrected chi connectivity index (χ2v) is 6.53. The zero-order chi connectivity index (χ0) is 14.2. The molecule has 2 aromatic heterocycles. The van der Waals surface area contributed by atoms with Crippen LogP contribution in [0.3, 0.4) is 0 Å². The Morgan fingerprint density at radius 3 is 3.05 bits per heavy atom. The van der Waals surface area contributed by atoms with E-state index >= 15 is 0 Å². The van der Waals surface area contributed by atoms with Crippen LogP contribution in [0.25, 0.3) is 11.0 Å². The van der Waals surface area contributed by atoms with Crippen molar-refractivity contribution in [1.29, 1.82) is 0 Å². The van der Waals surface area contributed by atoms with Crippen LogP contribution in [0.4, 0.5) is 0 Å². The summed E-state index contributed by atoms with van der Waals surface area (Å²) in [6.07, 6.45) is 11.9. The third-order valence-electron chi connectivity index (χ3n) is 5.36. The Morgan fingerprint density at radius 1 is 1.24 bits per heavy atom. The van der Waals surface area contributed by atoms with Gasteiger partial charge < -0.3 is 9.88 Å². The molecule has 1 aliphatic heterocycles. The molecule has 4 rings (SSSR count). The maximum Gasteiger partial charge on any atom is 0.127 e. The number of nitrogens with one attached hydrogen (secondary N) is 1. The summed E-state index contributed by atoms with van der Waals surface area (Å²) in [6, 6.07) is 3.21. The Kier molecular flexibility index (Phi) is 3.42. The van der Waals surface area contributed by atoms with Crippen LogP contribution in [-0.4, -0.2) is 20.6 Å². The number of rotatable bonds is 2. The van der Waals surface area contributed by atoms with Crippen molar-refractivity contribution in [3.63, 3.8) is 0 Å². The number of hydrogen-bond donors (Lipinski definition) is 1. The van der Waals surface area contributed by atoms with Gasteiger partial charge in [-0.1, -0.05) is 12.8 Å². The van der Waals surface area contributed by atoms with Gasteiger partial charge in [-0.25, -0.2) is 4.98 Å². The van der Waals surface area contributed by atoms with Crippen LogP contribution in [0.5, 0.6) is 0 Å². The van der Waals surface area contributed by atoms with Gasteiger partial charge in [-0.15, -0.1) is 0 Å². The average molecular weight is 284 g/mol. The Hall–Kier alpha value is -1.42. The molecule has 3 heterocycles. The second-order valence-electron chi connectivity index (χ2n) is 6.53. The van der Waals surface area contributed by atoms with Gasteiger partial charge in [0.2, 0.25) is 0 Å². The van der Waals surface area contributed by atoms with E-state index in [1.54, 1.807) is 0 Å². The number of piperidine rings is 1. The summed E-state index contributed by atoms with van der Waals surface area (Å²) in [4.78, 5) is 9.10. The van der Waals surface area contributed by atoms with Crippen molar-refractivity contribution in [3.8, 4) is 0 Å². The predicted molar refractivity (Wildman–Crippen MR) is 84.1 cm³/mol. The highest BCUT2D eigenvalue weighted by Gasteiger charge is 2.34. The third kappa shape index (κ3) is 2.26. The van der Waals surface area contributed by atoms with Gasteiger partial charge in [-0.05, 0) is 44.6 Å². The molecule has 0 spiro atoms. The van der Waals surface area contributed by atoms with Crippen LogP contribution in [0.1, 0.15) is 57.3 Å². The number of aryl methyl sites for hydroxylation is 1. The Labute approximate surface area is 126 Å². The molecule has 0 amide bonds. The van der Waals surface area contributed by atoms with Gasteiger partial charge in [0.1, 0.15) is 11.3 Å². The van der Waals surface area contributed by atoms with Crippen LogP contribution in [0.2, 0.25) is 0 Å². The van der Waals surface area contributed by atoms with Crippen molar-refractivity contribution in [2.75, 3.05) is 0 Å². The van der Waals surface area contributed by atoms with Crippen molar-refractivity contribution in [3.05, 3.63) is 24.3 Å². The Balaban J connectivity index is 1.66. The number of aromatic nitrogens is 3. The fourth-order valence-electron chi connectivity index (χ4n) is 4.30. The summed E-state index contributed by atoms with van der Waals surface area (Å²) in [5, 5.41) is 3.90. The highest BCUT2D eigenvalue weighted by Crippen LogP contribution is 2.37. The number of imidazole rings is 1. The smallest absolute Gasteiger partial charge is 0.127 e. The molecule has 0 aromatic carbocycles. The second kappa shape index (κ2) is 5.41. The molecule has 0 bridgehead atoms. The fraction of sp³-hybridized carbons (Fsp3) is 0.647. The van der Waals surface area contributed by atoms with Crippen LogP contribution in [-0.2, 0) is 6.54 Å². The first-order chi connectivity index (χ1) is 10.4. The van der Waals surface area contributed by atoms with E-state index in [9.17, 15) is 0 Å². The minimum Gasteiger partial charge on any atom is -0.327 e. The summed E-state index contributed by atoms with van der Waals surface area (Å²) in [7, 11) is 0. The lowest BCUT2D eigenvalue weighted by molar-refractivity contribution is 0.172. The molecule has 1 saturated carbocycles. The molecule has 1 saturated heterocycles. The van der Waals surface area contributed by atoms with Crippen LogP contribution < -0.4 is 5.32 Å². The number of pyridine rings is 1. The maximum absolute atomic E-state index is 4.88. The minimum absolute atomic E-state index is 0.414. The predicted octanol–water partition coefficient (Wildman–Crippen LogP) is 3.43. The molecule has 2 fully saturated rings. The quantitative estimate of drug-likeness (QED) is 0.918. The highest BCUT2D eigenvalue weighted by molar-refractivity contribution is 5.74. The van der Waals surface area contributed by atoms with Gasteiger partial charge in [0.05, 0.1) is 17.8 Å². The molecule has 1 N–H and O–H groups in total. The van der Waals surface area contributed by atoms with Crippen LogP contribution >= 0.6 is 0 Å². The molecule has 3 unspecified atom stereocenters. The molecule has 3 atom stereocenters. The van der Waals surface area contributed by atoms with Gasteiger partial charge in [0, 0.05) is 18.8 Å². The normalized spacial score (nSPS) is 29.5. The van der Waals surface area contributed by atoms with E-state index in [-0.39, 0.29) is 0 Å². The SMILES string of the molecule is CCn1c(C2CCC3CCCCC3N2)nc2cnccc21. The van der Waals surface area contributed by atoms with Crippen LogP contribution in [0.15, 0.2) is 18.5 Å². The first-order valence-electron chi connectivity index (χ1n) is 8.43. The number of fused-ring (bicyclic) bond motifs is 2. The van der Waals surface area contributed by atoms with Crippen LogP contribution in [0, 0.1) is 5.92 Å². The molecule has 4 nitrogen and oxygen atoms in total. The van der Waals surface area contributed by atoms with Crippen molar-refractivity contribution < 1.29 is 0 Å². The summed E-state index contributed by atoms with van der Waals surface area (Å²) in [6.45, 7) is 3.18. The first-order valence-corrected chi connectivity index (χ1v) is 8.43. The summed E-state index contributed by atoms with van der Waals surface area (Å²) < 4.78 is 2.36. The monoisotopic (exact) mass is 284 g/mol. The van der Waals surface area contributed by atoms with Gasteiger partial charge in [-0.3, -0.25) is 4.98 Å². The lowest BCUT2D eigenvalue weighted by Crippen LogP contribution is -2.45. The highest BCUT2D eigenvalue weighted by atomic mass is 15.1. The molecule has 21 heavy (non-hydrogen) atoms. The van der Waals surface area contributed by atoms with Gasteiger partial charge in [0.15, 0.2) is 0 Å². The molecule has 1 aliphatic carbocycles. The number of nitrogens with zero attached hydrogens (tertiary/aromatic N) is 3. The molecule has 2 aliphatic rings. The average Bonchev–Trinajstić information content (AvgIpc) is 2.93. The number of hydrogen-bond acceptors (Lipinski definition) is 3. The van der Waals surface area contributed by atoms with Gasteiger partial charge >= 0.3 is 0 Å². The zero-order valence-electron chi connectivity index (χ0n) is 12.8. The lowest BCUT2D eigenvalue weighted by atomic mass is 9.77. The van der Waals surface area contributed by atoms with Gasteiger partial charge in [-0.2, -0.15) is 0 Å². The van der Waals surface area contributed by atoms with E-state index in [2.05, 4.69) is 27.9 Å².